The molecule has 0 aliphatic heterocycles. The fraction of sp³-hybridized carbons (Fsp3) is 0.556. The smallest absolute Gasteiger partial charge is 0.213 e. The van der Waals surface area contributed by atoms with Gasteiger partial charge in [0.25, 0.3) is 0 Å². The van der Waals surface area contributed by atoms with Gasteiger partial charge in [0.05, 0.1) is 18.1 Å². The number of hydrogen-bond donors (Lipinski definition) is 0. The molecule has 0 atom stereocenters. The highest BCUT2D eigenvalue weighted by atomic mass is 28.4. The van der Waals surface area contributed by atoms with Gasteiger partial charge in [0.15, 0.2) is 8.32 Å². The summed E-state index contributed by atoms with van der Waals surface area (Å²) in [6, 6.07) is 7.85. The Hall–Kier alpha value is -1.46. The van der Waals surface area contributed by atoms with Crippen molar-refractivity contribution in [3.63, 3.8) is 0 Å². The van der Waals surface area contributed by atoms with E-state index >= 15 is 0 Å². The molecule has 126 valence electrons. The van der Waals surface area contributed by atoms with Crippen LogP contribution in [0.15, 0.2) is 24.3 Å². The van der Waals surface area contributed by atoms with Crippen molar-refractivity contribution >= 4 is 19.4 Å². The molecule has 2 aromatic rings. The summed E-state index contributed by atoms with van der Waals surface area (Å²) in [6.07, 6.45) is 1.92. The maximum Gasteiger partial charge on any atom is 0.213 e. The van der Waals surface area contributed by atoms with E-state index in [-0.39, 0.29) is 5.04 Å². The van der Waals surface area contributed by atoms with Gasteiger partial charge in [0.2, 0.25) is 5.88 Å². The van der Waals surface area contributed by atoms with Crippen molar-refractivity contribution in [2.24, 2.45) is 0 Å². The van der Waals surface area contributed by atoms with Crippen molar-refractivity contribution in [3.8, 4) is 5.88 Å². The monoisotopic (exact) mass is 332 g/mol. The fourth-order valence-electron chi connectivity index (χ4n) is 2.08. The van der Waals surface area contributed by atoms with E-state index in [1.54, 1.807) is 7.11 Å². The molecule has 0 unspecified atom stereocenters. The van der Waals surface area contributed by atoms with E-state index in [9.17, 15) is 0 Å². The van der Waals surface area contributed by atoms with Gasteiger partial charge in [-0.05, 0) is 49.2 Å². The van der Waals surface area contributed by atoms with E-state index in [0.29, 0.717) is 5.88 Å². The minimum Gasteiger partial charge on any atom is -0.481 e. The lowest BCUT2D eigenvalue weighted by atomic mass is 10.2. The Morgan fingerprint density at radius 2 is 1.65 bits per heavy atom. The second kappa shape index (κ2) is 6.97. The van der Waals surface area contributed by atoms with E-state index < -0.39 is 8.32 Å². The van der Waals surface area contributed by atoms with E-state index in [2.05, 4.69) is 43.8 Å². The summed E-state index contributed by atoms with van der Waals surface area (Å²) in [5, 5.41) is 0.263. The van der Waals surface area contributed by atoms with Gasteiger partial charge in [0, 0.05) is 18.4 Å². The van der Waals surface area contributed by atoms with Crippen molar-refractivity contribution in [2.75, 3.05) is 13.7 Å². The first-order valence-corrected chi connectivity index (χ1v) is 11.1. The van der Waals surface area contributed by atoms with Crippen molar-refractivity contribution in [1.29, 1.82) is 0 Å². The first-order chi connectivity index (χ1) is 10.7. The zero-order valence-electron chi connectivity index (χ0n) is 15.1. The van der Waals surface area contributed by atoms with Crippen LogP contribution < -0.4 is 4.74 Å². The Labute approximate surface area is 140 Å². The summed E-state index contributed by atoms with van der Waals surface area (Å²) in [5.74, 6) is 0.620. The Balaban J connectivity index is 1.93. The van der Waals surface area contributed by atoms with Gasteiger partial charge < -0.3 is 9.16 Å². The highest BCUT2D eigenvalue weighted by molar-refractivity contribution is 6.74. The summed E-state index contributed by atoms with van der Waals surface area (Å²) in [5.41, 5.74) is 2.86. The molecule has 0 aliphatic rings. The van der Waals surface area contributed by atoms with Crippen LogP contribution in [0.5, 0.6) is 5.88 Å². The van der Waals surface area contributed by atoms with Crippen LogP contribution in [0, 0.1) is 0 Å². The van der Waals surface area contributed by atoms with Gasteiger partial charge >= 0.3 is 0 Å². The summed E-state index contributed by atoms with van der Waals surface area (Å²) in [4.78, 5) is 9.06. The zero-order valence-corrected chi connectivity index (χ0v) is 16.1. The van der Waals surface area contributed by atoms with Crippen LogP contribution in [0.3, 0.4) is 0 Å². The first kappa shape index (κ1) is 17.9. The molecule has 0 saturated carbocycles. The van der Waals surface area contributed by atoms with Crippen LogP contribution in [-0.4, -0.2) is 32.0 Å². The highest BCUT2D eigenvalue weighted by Gasteiger charge is 2.36. The molecule has 0 saturated heterocycles. The summed E-state index contributed by atoms with van der Waals surface area (Å²) >= 11 is 0. The molecule has 2 rings (SSSR count). The minimum absolute atomic E-state index is 0.263. The molecule has 0 bridgehead atoms. The Morgan fingerprint density at radius 1 is 1.00 bits per heavy atom. The number of fused-ring (bicyclic) bond motifs is 1. The maximum absolute atomic E-state index is 6.22. The second-order valence-electron chi connectivity index (χ2n) is 7.41. The summed E-state index contributed by atoms with van der Waals surface area (Å²) in [6.45, 7) is 12.2. The van der Waals surface area contributed by atoms with Gasteiger partial charge in [-0.2, -0.15) is 0 Å². The second-order valence-corrected chi connectivity index (χ2v) is 12.2. The number of aryl methyl sites for hydroxylation is 1. The number of nitrogens with zero attached hydrogens (tertiary/aromatic N) is 2. The molecule has 5 heteroatoms. The lowest BCUT2D eigenvalue weighted by molar-refractivity contribution is 0.282. The van der Waals surface area contributed by atoms with Gasteiger partial charge in [-0.15, -0.1) is 0 Å². The largest absolute Gasteiger partial charge is 0.481 e. The zero-order chi connectivity index (χ0) is 17.1. The molecule has 2 aromatic heterocycles. The third kappa shape index (κ3) is 4.51. The third-order valence-corrected chi connectivity index (χ3v) is 9.17. The molecular formula is C18H28N2O2Si. The number of methoxy groups -OCH3 is 1. The molecule has 0 spiro atoms. The molecule has 23 heavy (non-hydrogen) atoms. The topological polar surface area (TPSA) is 44.2 Å². The first-order valence-electron chi connectivity index (χ1n) is 8.17. The summed E-state index contributed by atoms with van der Waals surface area (Å²) in [7, 11) is -0.0183. The quantitative estimate of drug-likeness (QED) is 0.573. The predicted octanol–water partition coefficient (Wildman–Crippen LogP) is 4.59. The van der Waals surface area contributed by atoms with Crippen LogP contribution in [0.2, 0.25) is 18.1 Å². The number of pyridine rings is 2. The van der Waals surface area contributed by atoms with Gasteiger partial charge in [-0.25, -0.2) is 4.98 Å². The maximum atomic E-state index is 6.22. The standard InChI is InChI=1S/C18H28N2O2Si/c1-18(2,3)23(5,6)22-13-7-8-14-9-10-16-15(19-14)11-12-17(20-16)21-4/h9-12H,7-8,13H2,1-6H3. The average Bonchev–Trinajstić information content (AvgIpc) is 2.49. The molecular weight excluding hydrogens is 304 g/mol. The van der Waals surface area contributed by atoms with Crippen molar-refractivity contribution in [1.82, 2.24) is 9.97 Å². The SMILES string of the molecule is COc1ccc2nc(CCCO[Si](C)(C)C(C)(C)C)ccc2n1. The molecule has 0 radical (unpaired) electrons. The number of ether oxygens (including phenoxy) is 1. The molecule has 2 heterocycles. The third-order valence-electron chi connectivity index (χ3n) is 4.63. The number of rotatable bonds is 6. The molecule has 0 amide bonds. The molecule has 4 nitrogen and oxygen atoms in total. The van der Waals surface area contributed by atoms with Crippen molar-refractivity contribution in [2.45, 2.75) is 51.7 Å². The van der Waals surface area contributed by atoms with Crippen LogP contribution in [0.1, 0.15) is 32.9 Å². The van der Waals surface area contributed by atoms with Crippen molar-refractivity contribution in [3.05, 3.63) is 30.0 Å². The normalized spacial score (nSPS) is 12.6. The van der Waals surface area contributed by atoms with Crippen LogP contribution in [-0.2, 0) is 10.8 Å². The highest BCUT2D eigenvalue weighted by Crippen LogP contribution is 2.36. The fourth-order valence-corrected chi connectivity index (χ4v) is 3.17. The van der Waals surface area contributed by atoms with E-state index in [4.69, 9.17) is 9.16 Å². The van der Waals surface area contributed by atoms with Crippen LogP contribution in [0.25, 0.3) is 11.0 Å². The van der Waals surface area contributed by atoms with E-state index in [1.165, 1.54) is 0 Å². The number of hydrogen-bond acceptors (Lipinski definition) is 4. The lowest BCUT2D eigenvalue weighted by Gasteiger charge is -2.36. The molecule has 0 fully saturated rings. The lowest BCUT2D eigenvalue weighted by Crippen LogP contribution is -2.41. The summed E-state index contributed by atoms with van der Waals surface area (Å²) < 4.78 is 11.4. The van der Waals surface area contributed by atoms with Crippen molar-refractivity contribution < 1.29 is 9.16 Å². The Bertz CT molecular complexity index is 666. The minimum atomic E-state index is -1.64. The van der Waals surface area contributed by atoms with Gasteiger partial charge in [-0.3, -0.25) is 4.98 Å². The molecule has 0 N–H and O–H groups in total. The molecule has 0 aromatic carbocycles. The molecule has 0 aliphatic carbocycles. The van der Waals surface area contributed by atoms with E-state index in [1.807, 2.05) is 24.3 Å². The Morgan fingerprint density at radius 3 is 2.30 bits per heavy atom. The van der Waals surface area contributed by atoms with Crippen LogP contribution in [0.4, 0.5) is 0 Å². The van der Waals surface area contributed by atoms with Crippen LogP contribution >= 0.6 is 0 Å². The van der Waals surface area contributed by atoms with Gasteiger partial charge in [0.1, 0.15) is 0 Å². The predicted molar refractivity (Wildman–Crippen MR) is 97.6 cm³/mol. The number of aromatic nitrogens is 2. The van der Waals surface area contributed by atoms with Gasteiger partial charge in [-0.1, -0.05) is 20.8 Å². The van der Waals surface area contributed by atoms with E-state index in [0.717, 1.165) is 36.2 Å². The Kier molecular flexibility index (Phi) is 5.42. The average molecular weight is 333 g/mol.